The lowest BCUT2D eigenvalue weighted by Gasteiger charge is -2.23. The first-order valence-corrected chi connectivity index (χ1v) is 9.12. The van der Waals surface area contributed by atoms with Gasteiger partial charge in [0.1, 0.15) is 5.82 Å². The molecule has 1 aromatic heterocycles. The molecule has 1 aliphatic heterocycles. The van der Waals surface area contributed by atoms with Crippen molar-refractivity contribution >= 4 is 16.9 Å². The molecule has 6 heteroatoms. The number of carbonyl (C=O) groups is 1. The van der Waals surface area contributed by atoms with Gasteiger partial charge in [-0.15, -0.1) is 0 Å². The van der Waals surface area contributed by atoms with E-state index in [0.29, 0.717) is 24.5 Å². The molecule has 6 nitrogen and oxygen atoms in total. The van der Waals surface area contributed by atoms with Crippen molar-refractivity contribution < 1.29 is 14.3 Å². The normalized spacial score (nSPS) is 16.0. The molecular formula is C21H23N3O3. The van der Waals surface area contributed by atoms with Gasteiger partial charge in [0, 0.05) is 25.4 Å². The van der Waals surface area contributed by atoms with Gasteiger partial charge in [0.15, 0.2) is 11.5 Å². The molecule has 0 radical (unpaired) electrons. The first-order chi connectivity index (χ1) is 13.2. The molecule has 1 N–H and O–H groups in total. The maximum absolute atomic E-state index is 12.7. The Morgan fingerprint density at radius 1 is 1.19 bits per heavy atom. The van der Waals surface area contributed by atoms with Gasteiger partial charge < -0.3 is 19.4 Å². The average Bonchev–Trinajstić information content (AvgIpc) is 3.09. The lowest BCUT2D eigenvalue weighted by molar-refractivity contribution is -0.125. The van der Waals surface area contributed by atoms with E-state index >= 15 is 0 Å². The molecule has 4 rings (SSSR count). The second kappa shape index (κ2) is 7.31. The third-order valence-corrected chi connectivity index (χ3v) is 5.15. The smallest absolute Gasteiger partial charge is 0.223 e. The Balaban J connectivity index is 1.42. The molecule has 0 fully saturated rings. The van der Waals surface area contributed by atoms with Gasteiger partial charge in [0.2, 0.25) is 5.91 Å². The number of aryl methyl sites for hydroxylation is 1. The number of ether oxygens (including phenoxy) is 2. The SMILES string of the molecule is COc1ccc(CNC(=O)C2CCn3c(nc4ccccc43)C2)cc1OC. The maximum atomic E-state index is 12.7. The van der Waals surface area contributed by atoms with Crippen LogP contribution in [0.15, 0.2) is 42.5 Å². The van der Waals surface area contributed by atoms with Gasteiger partial charge >= 0.3 is 0 Å². The van der Waals surface area contributed by atoms with E-state index in [2.05, 4.69) is 16.0 Å². The van der Waals surface area contributed by atoms with Crippen molar-refractivity contribution in [1.29, 1.82) is 0 Å². The van der Waals surface area contributed by atoms with E-state index in [1.54, 1.807) is 14.2 Å². The minimum absolute atomic E-state index is 0.0468. The monoisotopic (exact) mass is 365 g/mol. The number of rotatable bonds is 5. The topological polar surface area (TPSA) is 65.4 Å². The van der Waals surface area contributed by atoms with Crippen LogP contribution >= 0.6 is 0 Å². The fourth-order valence-corrected chi connectivity index (χ4v) is 3.69. The molecule has 2 aromatic carbocycles. The molecule has 0 saturated carbocycles. The van der Waals surface area contributed by atoms with Crippen LogP contribution < -0.4 is 14.8 Å². The number of methoxy groups -OCH3 is 2. The number of carbonyl (C=O) groups excluding carboxylic acids is 1. The molecule has 1 aliphatic rings. The molecular weight excluding hydrogens is 342 g/mol. The molecule has 0 aliphatic carbocycles. The molecule has 1 amide bonds. The Kier molecular flexibility index (Phi) is 4.71. The van der Waals surface area contributed by atoms with Gasteiger partial charge in [-0.3, -0.25) is 4.79 Å². The number of hydrogen-bond acceptors (Lipinski definition) is 4. The van der Waals surface area contributed by atoms with Crippen molar-refractivity contribution in [3.63, 3.8) is 0 Å². The number of para-hydroxylation sites is 2. The third kappa shape index (κ3) is 3.35. The number of imidazole rings is 1. The lowest BCUT2D eigenvalue weighted by Crippen LogP contribution is -2.35. The van der Waals surface area contributed by atoms with Crippen LogP contribution in [0.1, 0.15) is 17.8 Å². The Bertz CT molecular complexity index is 980. The van der Waals surface area contributed by atoms with Gasteiger partial charge in [0.25, 0.3) is 0 Å². The summed E-state index contributed by atoms with van der Waals surface area (Å²) >= 11 is 0. The van der Waals surface area contributed by atoms with Gasteiger partial charge in [-0.2, -0.15) is 0 Å². The van der Waals surface area contributed by atoms with Gasteiger partial charge in [-0.05, 0) is 36.2 Å². The number of hydrogen-bond donors (Lipinski definition) is 1. The van der Waals surface area contributed by atoms with E-state index in [9.17, 15) is 4.79 Å². The zero-order chi connectivity index (χ0) is 18.8. The molecule has 1 unspecified atom stereocenters. The van der Waals surface area contributed by atoms with Crippen LogP contribution in [0.25, 0.3) is 11.0 Å². The number of aromatic nitrogens is 2. The summed E-state index contributed by atoms with van der Waals surface area (Å²) < 4.78 is 12.8. The van der Waals surface area contributed by atoms with E-state index in [1.165, 1.54) is 0 Å². The van der Waals surface area contributed by atoms with E-state index in [-0.39, 0.29) is 11.8 Å². The minimum Gasteiger partial charge on any atom is -0.493 e. The molecule has 27 heavy (non-hydrogen) atoms. The number of amides is 1. The summed E-state index contributed by atoms with van der Waals surface area (Å²) in [5, 5.41) is 3.05. The van der Waals surface area contributed by atoms with Gasteiger partial charge in [-0.25, -0.2) is 4.98 Å². The van der Waals surface area contributed by atoms with E-state index < -0.39 is 0 Å². The molecule has 140 valence electrons. The molecule has 0 bridgehead atoms. The summed E-state index contributed by atoms with van der Waals surface area (Å²) in [7, 11) is 3.21. The van der Waals surface area contributed by atoms with E-state index in [4.69, 9.17) is 14.5 Å². The predicted molar refractivity (Wildman–Crippen MR) is 103 cm³/mol. The Labute approximate surface area is 158 Å². The number of benzene rings is 2. The average molecular weight is 365 g/mol. The van der Waals surface area contributed by atoms with E-state index in [1.807, 2.05) is 36.4 Å². The highest BCUT2D eigenvalue weighted by Crippen LogP contribution is 2.28. The molecule has 0 saturated heterocycles. The highest BCUT2D eigenvalue weighted by atomic mass is 16.5. The first kappa shape index (κ1) is 17.4. The fourth-order valence-electron chi connectivity index (χ4n) is 3.69. The third-order valence-electron chi connectivity index (χ3n) is 5.15. The van der Waals surface area contributed by atoms with Gasteiger partial charge in [-0.1, -0.05) is 18.2 Å². The van der Waals surface area contributed by atoms with Crippen molar-refractivity contribution in [2.45, 2.75) is 25.9 Å². The Morgan fingerprint density at radius 2 is 2.00 bits per heavy atom. The number of nitrogens with zero attached hydrogens (tertiary/aromatic N) is 2. The van der Waals surface area contributed by atoms with Crippen LogP contribution in [0.5, 0.6) is 11.5 Å². The summed E-state index contributed by atoms with van der Waals surface area (Å²) in [5.41, 5.74) is 3.12. The summed E-state index contributed by atoms with van der Waals surface area (Å²) in [4.78, 5) is 17.4. The lowest BCUT2D eigenvalue weighted by atomic mass is 9.96. The van der Waals surface area contributed by atoms with Crippen molar-refractivity contribution in [2.75, 3.05) is 14.2 Å². The first-order valence-electron chi connectivity index (χ1n) is 9.12. The van der Waals surface area contributed by atoms with Crippen molar-refractivity contribution in [1.82, 2.24) is 14.9 Å². The minimum atomic E-state index is -0.0468. The summed E-state index contributed by atoms with van der Waals surface area (Å²) in [6, 6.07) is 13.8. The van der Waals surface area contributed by atoms with Gasteiger partial charge in [0.05, 0.1) is 25.3 Å². The standard InChI is InChI=1S/C21H23N3O3/c1-26-18-8-7-14(11-19(18)27-2)13-22-21(25)15-9-10-24-17-6-4-3-5-16(17)23-20(24)12-15/h3-8,11,15H,9-10,12-13H2,1-2H3,(H,22,25). The van der Waals surface area contributed by atoms with Crippen LogP contribution in [0.4, 0.5) is 0 Å². The van der Waals surface area contributed by atoms with Crippen molar-refractivity contribution in [2.24, 2.45) is 5.92 Å². The zero-order valence-corrected chi connectivity index (χ0v) is 15.6. The predicted octanol–water partition coefficient (Wildman–Crippen LogP) is 2.93. The van der Waals surface area contributed by atoms with Crippen LogP contribution in [0, 0.1) is 5.92 Å². The Hall–Kier alpha value is -3.02. The molecule has 1 atom stereocenters. The highest BCUT2D eigenvalue weighted by molar-refractivity contribution is 5.80. The van der Waals surface area contributed by atoms with Crippen LogP contribution in [-0.4, -0.2) is 29.7 Å². The second-order valence-corrected chi connectivity index (χ2v) is 6.77. The largest absolute Gasteiger partial charge is 0.493 e. The summed E-state index contributed by atoms with van der Waals surface area (Å²) in [5.74, 6) is 2.36. The fraction of sp³-hybridized carbons (Fsp3) is 0.333. The van der Waals surface area contributed by atoms with Crippen molar-refractivity contribution in [3.8, 4) is 11.5 Å². The zero-order valence-electron chi connectivity index (χ0n) is 15.6. The number of fused-ring (bicyclic) bond motifs is 3. The van der Waals surface area contributed by atoms with Crippen LogP contribution in [0.2, 0.25) is 0 Å². The molecule has 3 aromatic rings. The van der Waals surface area contributed by atoms with Crippen LogP contribution in [0.3, 0.4) is 0 Å². The van der Waals surface area contributed by atoms with E-state index in [0.717, 1.165) is 35.4 Å². The summed E-state index contributed by atoms with van der Waals surface area (Å²) in [6.45, 7) is 1.29. The maximum Gasteiger partial charge on any atom is 0.223 e. The molecule has 2 heterocycles. The highest BCUT2D eigenvalue weighted by Gasteiger charge is 2.26. The quantitative estimate of drug-likeness (QED) is 0.755. The van der Waals surface area contributed by atoms with Crippen LogP contribution in [-0.2, 0) is 24.3 Å². The summed E-state index contributed by atoms with van der Waals surface area (Å²) in [6.07, 6.45) is 1.50. The second-order valence-electron chi connectivity index (χ2n) is 6.77. The number of nitrogens with one attached hydrogen (secondary N) is 1. The Morgan fingerprint density at radius 3 is 2.81 bits per heavy atom. The molecule has 0 spiro atoms. The van der Waals surface area contributed by atoms with Crippen molar-refractivity contribution in [3.05, 3.63) is 53.9 Å².